The number of carbonyl (C=O) groups is 5. The van der Waals surface area contributed by atoms with E-state index in [4.69, 9.17) is 28.4 Å². The Morgan fingerprint density at radius 2 is 1.47 bits per heavy atom. The number of pyridine rings is 1. The van der Waals surface area contributed by atoms with E-state index in [2.05, 4.69) is 4.98 Å². The van der Waals surface area contributed by atoms with Gasteiger partial charge < -0.3 is 33.5 Å². The molecule has 2 heterocycles. The topological polar surface area (TPSA) is 174 Å². The Morgan fingerprint density at radius 1 is 0.830 bits per heavy atom. The fourth-order valence-electron chi connectivity index (χ4n) is 7.92. The van der Waals surface area contributed by atoms with Gasteiger partial charge in [-0.25, -0.2) is 9.59 Å². The molecule has 2 aromatic rings. The number of hydrogen-bond acceptors (Lipinski definition) is 13. The van der Waals surface area contributed by atoms with E-state index in [1.54, 1.807) is 32.0 Å². The van der Waals surface area contributed by atoms with Crippen molar-refractivity contribution >= 4 is 29.8 Å². The summed E-state index contributed by atoms with van der Waals surface area (Å²) in [5.74, 6) is -4.97. The van der Waals surface area contributed by atoms with Crippen LogP contribution in [0.25, 0.3) is 0 Å². The van der Waals surface area contributed by atoms with Gasteiger partial charge in [0.05, 0.1) is 28.2 Å². The molecule has 1 N–H and O–H groups in total. The molecule has 1 aromatic carbocycles. The van der Waals surface area contributed by atoms with Crippen molar-refractivity contribution in [3.8, 4) is 0 Å². The second-order valence-electron chi connectivity index (χ2n) is 13.0. The highest BCUT2D eigenvalue weighted by Gasteiger charge is 2.87. The van der Waals surface area contributed by atoms with Crippen molar-refractivity contribution in [3.63, 3.8) is 0 Å². The SMILES string of the molecule is CC(=O)OC[C@@]12[C@@H](OC(C)=O)CC[C@](C)(O)[C@]13OC(C)(C)[C@H]([C@@H](OC(=O)c1ccccc1)[C@H]2OC(=O)c1cccnc1)[C@H]3OC(C)=O. The molecule has 13 heteroatoms. The lowest BCUT2D eigenvalue weighted by molar-refractivity contribution is -0.348. The van der Waals surface area contributed by atoms with E-state index in [-0.39, 0.29) is 24.0 Å². The normalized spacial score (nSPS) is 33.5. The summed E-state index contributed by atoms with van der Waals surface area (Å²) in [4.78, 5) is 69.7. The van der Waals surface area contributed by atoms with Crippen LogP contribution >= 0.6 is 0 Å². The van der Waals surface area contributed by atoms with Crippen molar-refractivity contribution in [2.75, 3.05) is 6.61 Å². The number of aromatic nitrogens is 1. The predicted molar refractivity (Wildman–Crippen MR) is 161 cm³/mol. The first kappa shape index (κ1) is 34.0. The van der Waals surface area contributed by atoms with Crippen molar-refractivity contribution < 1.29 is 57.5 Å². The van der Waals surface area contributed by atoms with E-state index < -0.39 is 89.0 Å². The third-order valence-corrected chi connectivity index (χ3v) is 9.57. The Kier molecular flexibility index (Phi) is 8.93. The minimum atomic E-state index is -2.04. The summed E-state index contributed by atoms with van der Waals surface area (Å²) in [6, 6.07) is 11.1. The molecule has 13 nitrogen and oxygen atoms in total. The van der Waals surface area contributed by atoms with Gasteiger partial charge in [-0.05, 0) is 57.9 Å². The molecule has 8 atom stereocenters. The van der Waals surface area contributed by atoms with E-state index in [9.17, 15) is 29.1 Å². The van der Waals surface area contributed by atoms with E-state index in [0.29, 0.717) is 0 Å². The Labute approximate surface area is 271 Å². The highest BCUT2D eigenvalue weighted by Crippen LogP contribution is 2.69. The number of aliphatic hydroxyl groups is 1. The van der Waals surface area contributed by atoms with Crippen LogP contribution in [0.1, 0.15) is 75.1 Å². The Hall–Kier alpha value is -4.36. The van der Waals surface area contributed by atoms with Crippen LogP contribution in [0.3, 0.4) is 0 Å². The maximum absolute atomic E-state index is 13.9. The smallest absolute Gasteiger partial charge is 0.340 e. The molecule has 1 aliphatic heterocycles. The number of rotatable bonds is 8. The molecule has 0 radical (unpaired) electrons. The Morgan fingerprint density at radius 3 is 2.06 bits per heavy atom. The number of ether oxygens (including phenoxy) is 6. The van der Waals surface area contributed by atoms with Gasteiger partial charge in [0.1, 0.15) is 30.3 Å². The summed E-state index contributed by atoms with van der Waals surface area (Å²) in [6.07, 6.45) is -2.99. The zero-order valence-electron chi connectivity index (χ0n) is 27.1. The van der Waals surface area contributed by atoms with Crippen LogP contribution in [0, 0.1) is 11.3 Å². The van der Waals surface area contributed by atoms with Crippen LogP contribution in [-0.4, -0.2) is 87.8 Å². The summed E-state index contributed by atoms with van der Waals surface area (Å²) >= 11 is 0. The van der Waals surface area contributed by atoms with Gasteiger partial charge in [0, 0.05) is 33.2 Å². The molecule has 47 heavy (non-hydrogen) atoms. The number of esters is 5. The molecule has 0 amide bonds. The molecule has 252 valence electrons. The number of benzene rings is 1. The molecule has 2 bridgehead atoms. The number of carbonyl (C=O) groups excluding carboxylic acids is 5. The zero-order chi connectivity index (χ0) is 34.4. The molecular weight excluding hydrogens is 614 g/mol. The van der Waals surface area contributed by atoms with Crippen molar-refractivity contribution in [3.05, 3.63) is 66.0 Å². The van der Waals surface area contributed by atoms with Crippen molar-refractivity contribution in [1.29, 1.82) is 0 Å². The van der Waals surface area contributed by atoms with Crippen molar-refractivity contribution in [2.24, 2.45) is 11.3 Å². The third kappa shape index (κ3) is 5.65. The van der Waals surface area contributed by atoms with Gasteiger partial charge in [-0.15, -0.1) is 0 Å². The van der Waals surface area contributed by atoms with Crippen LogP contribution in [0.15, 0.2) is 54.9 Å². The molecule has 2 aliphatic carbocycles. The summed E-state index contributed by atoms with van der Waals surface area (Å²) in [6.45, 7) is 7.67. The Bertz CT molecular complexity index is 1540. The van der Waals surface area contributed by atoms with Crippen LogP contribution < -0.4 is 0 Å². The molecule has 5 rings (SSSR count). The summed E-state index contributed by atoms with van der Waals surface area (Å²) in [5.41, 5.74) is -7.05. The quantitative estimate of drug-likeness (QED) is 0.326. The maximum Gasteiger partial charge on any atom is 0.340 e. The Balaban J connectivity index is 1.84. The molecule has 1 aromatic heterocycles. The van der Waals surface area contributed by atoms with E-state index in [1.807, 2.05) is 0 Å². The highest BCUT2D eigenvalue weighted by molar-refractivity contribution is 5.90. The molecular formula is C34H39NO12. The standard InChI is InChI=1S/C34H39NO12/c1-19(36)42-18-33-24(43-20(2)37)14-15-32(6,41)34(33)27(44-21(3)38)25(31(4,5)47-34)26(45-29(39)22-11-8-7-9-12-22)28(33)46-30(40)23-13-10-16-35-17-23/h7-13,16-17,24-28,41H,14-15,18H2,1-6H3/t24-,25+,26+,27+,28+,32-,33-,34-/m0/s1. The maximum atomic E-state index is 13.9. The summed E-state index contributed by atoms with van der Waals surface area (Å²) in [5, 5.41) is 12.4. The van der Waals surface area contributed by atoms with Crippen LogP contribution in [-0.2, 0) is 42.8 Å². The zero-order valence-corrected chi connectivity index (χ0v) is 27.1. The predicted octanol–water partition coefficient (Wildman–Crippen LogP) is 2.97. The minimum absolute atomic E-state index is 0.0167. The first-order valence-corrected chi connectivity index (χ1v) is 15.3. The largest absolute Gasteiger partial charge is 0.465 e. The molecule has 1 spiro atoms. The van der Waals surface area contributed by atoms with Crippen LogP contribution in [0.2, 0.25) is 0 Å². The lowest BCUT2D eigenvalue weighted by atomic mass is 9.46. The second kappa shape index (κ2) is 12.3. The first-order valence-electron chi connectivity index (χ1n) is 15.3. The van der Waals surface area contributed by atoms with Crippen molar-refractivity contribution in [2.45, 2.75) is 95.6 Å². The van der Waals surface area contributed by atoms with Gasteiger partial charge in [-0.2, -0.15) is 0 Å². The molecule has 3 aliphatic rings. The van der Waals surface area contributed by atoms with Gasteiger partial charge in [0.15, 0.2) is 11.7 Å². The van der Waals surface area contributed by atoms with E-state index in [1.165, 1.54) is 57.4 Å². The molecule has 1 saturated heterocycles. The third-order valence-electron chi connectivity index (χ3n) is 9.57. The highest BCUT2D eigenvalue weighted by atomic mass is 16.6. The van der Waals surface area contributed by atoms with Crippen LogP contribution in [0.4, 0.5) is 0 Å². The molecule has 0 unspecified atom stereocenters. The number of nitrogens with zero attached hydrogens (tertiary/aromatic N) is 1. The average Bonchev–Trinajstić information content (AvgIpc) is 3.20. The average molecular weight is 654 g/mol. The van der Waals surface area contributed by atoms with Crippen molar-refractivity contribution in [1.82, 2.24) is 4.98 Å². The number of fused-ring (bicyclic) bond motifs is 1. The fraction of sp³-hybridized carbons (Fsp3) is 0.529. The monoisotopic (exact) mass is 653 g/mol. The van der Waals surface area contributed by atoms with Gasteiger partial charge in [0.2, 0.25) is 0 Å². The van der Waals surface area contributed by atoms with Gasteiger partial charge in [-0.1, -0.05) is 18.2 Å². The van der Waals surface area contributed by atoms with Gasteiger partial charge in [-0.3, -0.25) is 19.4 Å². The van der Waals surface area contributed by atoms with E-state index >= 15 is 0 Å². The van der Waals surface area contributed by atoms with Gasteiger partial charge >= 0.3 is 29.8 Å². The first-order chi connectivity index (χ1) is 22.1. The summed E-state index contributed by atoms with van der Waals surface area (Å²) < 4.78 is 37.0. The second-order valence-corrected chi connectivity index (χ2v) is 13.0. The fourth-order valence-corrected chi connectivity index (χ4v) is 7.92. The lowest BCUT2D eigenvalue weighted by Gasteiger charge is -2.65. The van der Waals surface area contributed by atoms with Gasteiger partial charge in [0.25, 0.3) is 0 Å². The summed E-state index contributed by atoms with van der Waals surface area (Å²) in [7, 11) is 0. The van der Waals surface area contributed by atoms with Crippen LogP contribution in [0.5, 0.6) is 0 Å². The molecule has 2 saturated carbocycles. The number of hydrogen-bond donors (Lipinski definition) is 1. The molecule has 3 fully saturated rings. The van der Waals surface area contributed by atoms with E-state index in [0.717, 1.165) is 6.92 Å². The minimum Gasteiger partial charge on any atom is -0.465 e. The lowest BCUT2D eigenvalue weighted by Crippen LogP contribution is -2.83.